The molecule has 17 nitrogen and oxygen atoms in total. The van der Waals surface area contributed by atoms with Crippen molar-refractivity contribution in [3.05, 3.63) is 11.6 Å². The number of alkyl halides is 2. The predicted molar refractivity (Wildman–Crippen MR) is 209 cm³/mol. The predicted octanol–water partition coefficient (Wildman–Crippen LogP) is 1.47. The Bertz CT molecular complexity index is 1260. The second-order valence-electron chi connectivity index (χ2n) is 13.8. The van der Waals surface area contributed by atoms with E-state index in [4.69, 9.17) is 49.4 Å². The van der Waals surface area contributed by atoms with Crippen molar-refractivity contribution in [3.8, 4) is 0 Å². The molecule has 0 aromatic rings. The van der Waals surface area contributed by atoms with Gasteiger partial charge in [0.25, 0.3) is 5.91 Å². The summed E-state index contributed by atoms with van der Waals surface area (Å²) >= 11 is 0. The molecule has 2 amide bonds. The van der Waals surface area contributed by atoms with Crippen LogP contribution in [0.4, 0.5) is 8.78 Å². The van der Waals surface area contributed by atoms with E-state index in [2.05, 4.69) is 22.0 Å². The van der Waals surface area contributed by atoms with E-state index in [1.54, 1.807) is 0 Å². The monoisotopic (exact) mass is 843 g/mol. The maximum absolute atomic E-state index is 15.0. The summed E-state index contributed by atoms with van der Waals surface area (Å²) in [5.41, 5.74) is 10.6. The van der Waals surface area contributed by atoms with E-state index in [-0.39, 0.29) is 50.5 Å². The molecule has 0 bridgehead atoms. The second-order valence-corrected chi connectivity index (χ2v) is 15.8. The lowest BCUT2D eigenvalue weighted by Crippen LogP contribution is -2.45. The lowest BCUT2D eigenvalue weighted by atomic mass is 9.83. The molecule has 0 heterocycles. The number of nitrogens with one attached hydrogen (secondary N) is 2. The van der Waals surface area contributed by atoms with Gasteiger partial charge in [0, 0.05) is 31.7 Å². The second kappa shape index (κ2) is 30.6. The number of allylic oxidation sites excluding steroid dienone is 1. The topological polar surface area (TPSA) is 231 Å². The Morgan fingerprint density at radius 1 is 0.719 bits per heavy atom. The SMILES string of the molecule is CCCOCCOCCOCCOCCC(=O)NCCOCCOCCOCCNS(=O)(=O)C1CCC(OC2C(F)CC(/C=C(\C)C(=O)N=C(N)N)CC2F)CC1. The average Bonchev–Trinajstić information content (AvgIpc) is 3.16. The highest BCUT2D eigenvalue weighted by Crippen LogP contribution is 2.35. The normalized spacial score (nSPS) is 23.0. The highest BCUT2D eigenvalue weighted by Gasteiger charge is 2.41. The number of ether oxygens (including phenoxy) is 8. The number of rotatable bonds is 32. The number of aliphatic imine (C=N–C) groups is 1. The highest BCUT2D eigenvalue weighted by molar-refractivity contribution is 7.90. The molecule has 2 unspecified atom stereocenters. The van der Waals surface area contributed by atoms with Crippen LogP contribution >= 0.6 is 0 Å². The van der Waals surface area contributed by atoms with Crippen molar-refractivity contribution in [1.29, 1.82) is 0 Å². The van der Waals surface area contributed by atoms with Gasteiger partial charge in [-0.2, -0.15) is 4.99 Å². The molecule has 2 aliphatic carbocycles. The van der Waals surface area contributed by atoms with Gasteiger partial charge in [0.05, 0.1) is 97.2 Å². The first-order valence-corrected chi connectivity index (χ1v) is 21.5. The molecular weight excluding hydrogens is 776 g/mol. The van der Waals surface area contributed by atoms with Gasteiger partial charge in [-0.1, -0.05) is 13.0 Å². The Balaban J connectivity index is 1.40. The third-order valence-corrected chi connectivity index (χ3v) is 11.0. The van der Waals surface area contributed by atoms with Crippen molar-refractivity contribution in [2.45, 2.75) is 95.0 Å². The summed E-state index contributed by atoms with van der Waals surface area (Å²) in [7, 11) is -3.61. The van der Waals surface area contributed by atoms with E-state index >= 15 is 0 Å². The number of halogens is 2. The minimum absolute atomic E-state index is 0.0135. The van der Waals surface area contributed by atoms with Crippen molar-refractivity contribution >= 4 is 27.8 Å². The van der Waals surface area contributed by atoms with Gasteiger partial charge in [0.15, 0.2) is 5.96 Å². The van der Waals surface area contributed by atoms with Crippen molar-refractivity contribution < 1.29 is 64.7 Å². The first kappa shape index (κ1) is 50.7. The van der Waals surface area contributed by atoms with E-state index in [1.165, 1.54) is 13.0 Å². The molecule has 0 aromatic carbocycles. The molecular formula is C37H67F2N5O12S. The molecule has 20 heteroatoms. The summed E-state index contributed by atoms with van der Waals surface area (Å²) in [6.45, 7) is 9.75. The summed E-state index contributed by atoms with van der Waals surface area (Å²) in [6.07, 6.45) is -0.828. The van der Waals surface area contributed by atoms with E-state index in [0.29, 0.717) is 105 Å². The van der Waals surface area contributed by atoms with Gasteiger partial charge in [0.2, 0.25) is 15.9 Å². The van der Waals surface area contributed by atoms with Crippen LogP contribution in [-0.2, 0) is 57.5 Å². The first-order chi connectivity index (χ1) is 27.4. The Morgan fingerprint density at radius 2 is 1.19 bits per heavy atom. The molecule has 0 saturated heterocycles. The third kappa shape index (κ3) is 23.7. The van der Waals surface area contributed by atoms with Gasteiger partial charge in [-0.15, -0.1) is 0 Å². The smallest absolute Gasteiger partial charge is 0.275 e. The molecule has 2 saturated carbocycles. The van der Waals surface area contributed by atoms with Crippen LogP contribution in [0.3, 0.4) is 0 Å². The minimum atomic E-state index is -3.61. The van der Waals surface area contributed by atoms with Crippen LogP contribution in [-0.4, -0.2) is 162 Å². The van der Waals surface area contributed by atoms with Crippen LogP contribution in [0.25, 0.3) is 0 Å². The maximum atomic E-state index is 15.0. The number of hydrogen-bond acceptors (Lipinski definition) is 12. The van der Waals surface area contributed by atoms with E-state index in [9.17, 15) is 26.8 Å². The van der Waals surface area contributed by atoms with E-state index < -0.39 is 57.6 Å². The zero-order valence-electron chi connectivity index (χ0n) is 33.7. The quantitative estimate of drug-likeness (QED) is 0.0326. The van der Waals surface area contributed by atoms with Gasteiger partial charge in [0.1, 0.15) is 18.4 Å². The largest absolute Gasteiger partial charge is 0.379 e. The van der Waals surface area contributed by atoms with Gasteiger partial charge >= 0.3 is 0 Å². The molecule has 6 N–H and O–H groups in total. The molecule has 2 aliphatic rings. The Hall–Kier alpha value is -2.40. The van der Waals surface area contributed by atoms with Crippen LogP contribution in [0.5, 0.6) is 0 Å². The van der Waals surface area contributed by atoms with Crippen molar-refractivity contribution in [3.63, 3.8) is 0 Å². The van der Waals surface area contributed by atoms with Crippen LogP contribution in [0, 0.1) is 5.92 Å². The van der Waals surface area contributed by atoms with Crippen LogP contribution in [0.2, 0.25) is 0 Å². The Labute approximate surface area is 336 Å². The molecule has 332 valence electrons. The first-order valence-electron chi connectivity index (χ1n) is 20.0. The lowest BCUT2D eigenvalue weighted by Gasteiger charge is -2.37. The molecule has 57 heavy (non-hydrogen) atoms. The standard InChI is InChI=1S/C37H67F2N5O12S/c1-3-11-49-15-19-53-23-24-54-20-16-50-12-8-34(45)42-9-13-51-17-21-55-22-18-52-14-10-43-57(47,48)31-6-4-30(5-7-31)56-35-32(38)26-29(27-33(35)39)25-28(2)36(46)44-37(40)41/h25,29-33,35,43H,3-24,26-27H2,1-2H3,(H,42,45)(H4,40,41,44,46)/b28-25+. The number of hydrogen-bond donors (Lipinski definition) is 4. The summed E-state index contributed by atoms with van der Waals surface area (Å²) in [4.78, 5) is 27.3. The van der Waals surface area contributed by atoms with E-state index in [0.717, 1.165) is 13.0 Å². The molecule has 0 radical (unpaired) electrons. The molecule has 0 aromatic heterocycles. The van der Waals surface area contributed by atoms with Crippen molar-refractivity contribution in [2.24, 2.45) is 22.4 Å². The molecule has 0 spiro atoms. The number of guanidine groups is 1. The van der Waals surface area contributed by atoms with Gasteiger partial charge < -0.3 is 54.7 Å². The summed E-state index contributed by atoms with van der Waals surface area (Å²) in [6, 6.07) is 0. The average molecular weight is 844 g/mol. The number of carbonyl (C=O) groups is 2. The highest BCUT2D eigenvalue weighted by atomic mass is 32.2. The number of nitrogens with two attached hydrogens (primary N) is 2. The summed E-state index contributed by atoms with van der Waals surface area (Å²) in [5.74, 6) is -1.69. The fourth-order valence-corrected chi connectivity index (χ4v) is 7.64. The number of carbonyl (C=O) groups excluding carboxylic acids is 2. The fourth-order valence-electron chi connectivity index (χ4n) is 6.15. The summed E-state index contributed by atoms with van der Waals surface area (Å²) in [5, 5.41) is 2.13. The molecule has 2 rings (SSSR count). The number of nitrogens with zero attached hydrogens (tertiary/aromatic N) is 1. The minimum Gasteiger partial charge on any atom is -0.379 e. The number of amides is 2. The molecule has 0 aliphatic heterocycles. The number of sulfonamides is 1. The van der Waals surface area contributed by atoms with Crippen LogP contribution in [0.15, 0.2) is 16.6 Å². The third-order valence-electron chi connectivity index (χ3n) is 9.03. The van der Waals surface area contributed by atoms with E-state index in [1.807, 2.05) is 0 Å². The fraction of sp³-hybridized carbons (Fsp3) is 0.865. The summed E-state index contributed by atoms with van der Waals surface area (Å²) < 4.78 is 102. The maximum Gasteiger partial charge on any atom is 0.275 e. The Morgan fingerprint density at radius 3 is 1.70 bits per heavy atom. The van der Waals surface area contributed by atoms with Crippen LogP contribution < -0.4 is 21.5 Å². The van der Waals surface area contributed by atoms with Crippen LogP contribution in [0.1, 0.15) is 65.2 Å². The molecule has 2 fully saturated rings. The van der Waals surface area contributed by atoms with Gasteiger partial charge in [-0.3, -0.25) is 9.59 Å². The zero-order chi connectivity index (χ0) is 41.7. The van der Waals surface area contributed by atoms with Gasteiger partial charge in [-0.05, 0) is 57.8 Å². The van der Waals surface area contributed by atoms with Gasteiger partial charge in [-0.25, -0.2) is 21.9 Å². The van der Waals surface area contributed by atoms with Crippen molar-refractivity contribution in [2.75, 3.05) is 106 Å². The zero-order valence-corrected chi connectivity index (χ0v) is 34.5. The lowest BCUT2D eigenvalue weighted by molar-refractivity contribution is -0.122. The molecule has 2 atom stereocenters. The van der Waals surface area contributed by atoms with Crippen molar-refractivity contribution in [1.82, 2.24) is 10.0 Å². The Kier molecular flexibility index (Phi) is 27.3.